The van der Waals surface area contributed by atoms with Gasteiger partial charge >= 0.3 is 6.36 Å². The minimum Gasteiger partial charge on any atom is -0.405 e. The molecule has 0 radical (unpaired) electrons. The van der Waals surface area contributed by atoms with Crippen LogP contribution in [0.5, 0.6) is 5.75 Å². The number of thiophene rings is 1. The first kappa shape index (κ1) is 16.3. The Morgan fingerprint density at radius 2 is 2.10 bits per heavy atom. The zero-order valence-electron chi connectivity index (χ0n) is 11.1. The molecule has 0 aliphatic carbocycles. The summed E-state index contributed by atoms with van der Waals surface area (Å²) in [6, 6.07) is 6.76. The first-order valence-corrected chi connectivity index (χ1v) is 7.88. The van der Waals surface area contributed by atoms with Crippen molar-refractivity contribution in [1.29, 1.82) is 0 Å². The first-order valence-electron chi connectivity index (χ1n) is 6.15. The van der Waals surface area contributed by atoms with Gasteiger partial charge in [0.25, 0.3) is 0 Å². The van der Waals surface area contributed by atoms with Crippen molar-refractivity contribution in [2.45, 2.75) is 25.9 Å². The average Bonchev–Trinajstić information content (AvgIpc) is 2.91. The third-order valence-electron chi connectivity index (χ3n) is 2.88. The Balaban J connectivity index is 1.97. The van der Waals surface area contributed by atoms with Crippen molar-refractivity contribution in [3.63, 3.8) is 0 Å². The van der Waals surface area contributed by atoms with Crippen LogP contribution >= 0.6 is 27.3 Å². The highest BCUT2D eigenvalue weighted by Crippen LogP contribution is 2.31. The lowest BCUT2D eigenvalue weighted by Crippen LogP contribution is -2.18. The lowest BCUT2D eigenvalue weighted by Gasteiger charge is -2.14. The molecule has 2 aromatic rings. The molecule has 0 bridgehead atoms. The predicted octanol–water partition coefficient (Wildman–Crippen LogP) is 5.26. The maximum absolute atomic E-state index is 12.2. The Bertz CT molecular complexity index is 586. The molecule has 0 amide bonds. The fourth-order valence-corrected chi connectivity index (χ4v) is 3.03. The number of halogens is 4. The molecule has 0 aliphatic heterocycles. The molecule has 0 saturated heterocycles. The molecule has 1 aromatic heterocycles. The largest absolute Gasteiger partial charge is 0.573 e. The molecule has 1 unspecified atom stereocenters. The number of benzene rings is 1. The molecule has 2 nitrogen and oxygen atoms in total. The van der Waals surface area contributed by atoms with Crippen LogP contribution in [0.2, 0.25) is 0 Å². The molecule has 1 N–H and O–H groups in total. The van der Waals surface area contributed by atoms with Crippen molar-refractivity contribution in [3.8, 4) is 5.75 Å². The lowest BCUT2D eigenvalue weighted by atomic mass is 10.1. The molecule has 1 atom stereocenters. The normalized spacial score (nSPS) is 13.2. The van der Waals surface area contributed by atoms with Crippen LogP contribution < -0.4 is 10.1 Å². The van der Waals surface area contributed by atoms with Gasteiger partial charge in [-0.05, 0) is 62.9 Å². The molecular formula is C14H13BrF3NOS. The standard InChI is InChI=1S/C14H13BrF3NOS/c1-9(11-4-5-21-8-11)19-7-10-2-3-13(12(15)6-10)20-14(16,17)18/h2-6,8-9,19H,7H2,1H3. The van der Waals surface area contributed by atoms with Crippen LogP contribution in [0.25, 0.3) is 0 Å². The van der Waals surface area contributed by atoms with E-state index in [1.54, 1.807) is 23.5 Å². The van der Waals surface area contributed by atoms with Crippen LogP contribution in [0.3, 0.4) is 0 Å². The van der Waals surface area contributed by atoms with E-state index >= 15 is 0 Å². The summed E-state index contributed by atoms with van der Waals surface area (Å²) in [7, 11) is 0. The Labute approximate surface area is 133 Å². The quantitative estimate of drug-likeness (QED) is 0.764. The second-order valence-corrected chi connectivity index (χ2v) is 6.11. The molecule has 0 saturated carbocycles. The molecule has 2 rings (SSSR count). The number of rotatable bonds is 5. The van der Waals surface area contributed by atoms with Gasteiger partial charge in [-0.1, -0.05) is 6.07 Å². The van der Waals surface area contributed by atoms with Gasteiger partial charge in [-0.25, -0.2) is 0 Å². The van der Waals surface area contributed by atoms with Gasteiger partial charge in [-0.3, -0.25) is 0 Å². The molecule has 0 fully saturated rings. The second kappa shape index (κ2) is 6.81. The Hall–Kier alpha value is -1.05. The van der Waals surface area contributed by atoms with E-state index in [0.29, 0.717) is 6.54 Å². The molecule has 114 valence electrons. The van der Waals surface area contributed by atoms with E-state index in [1.807, 2.05) is 18.4 Å². The summed E-state index contributed by atoms with van der Waals surface area (Å²) in [5, 5.41) is 7.39. The van der Waals surface area contributed by atoms with Crippen molar-refractivity contribution in [3.05, 3.63) is 50.6 Å². The van der Waals surface area contributed by atoms with E-state index in [0.717, 1.165) is 5.56 Å². The van der Waals surface area contributed by atoms with Gasteiger partial charge in [0, 0.05) is 12.6 Å². The van der Waals surface area contributed by atoms with Gasteiger partial charge in [-0.15, -0.1) is 13.2 Å². The van der Waals surface area contributed by atoms with Crippen molar-refractivity contribution in [2.24, 2.45) is 0 Å². The molecule has 1 aromatic carbocycles. The minimum atomic E-state index is -4.68. The smallest absolute Gasteiger partial charge is 0.405 e. The zero-order chi connectivity index (χ0) is 15.5. The predicted molar refractivity (Wildman–Crippen MR) is 80.4 cm³/mol. The van der Waals surface area contributed by atoms with Crippen molar-refractivity contribution in [2.75, 3.05) is 0 Å². The summed E-state index contributed by atoms with van der Waals surface area (Å²) < 4.78 is 40.7. The number of hydrogen-bond donors (Lipinski definition) is 1. The van der Waals surface area contributed by atoms with E-state index < -0.39 is 6.36 Å². The highest BCUT2D eigenvalue weighted by atomic mass is 79.9. The number of alkyl halides is 3. The van der Waals surface area contributed by atoms with E-state index in [9.17, 15) is 13.2 Å². The topological polar surface area (TPSA) is 21.3 Å². The molecule has 7 heteroatoms. The van der Waals surface area contributed by atoms with E-state index in [4.69, 9.17) is 0 Å². The van der Waals surface area contributed by atoms with Crippen LogP contribution in [-0.4, -0.2) is 6.36 Å². The van der Waals surface area contributed by atoms with Crippen LogP contribution in [0.1, 0.15) is 24.1 Å². The van der Waals surface area contributed by atoms with Gasteiger partial charge in [0.2, 0.25) is 0 Å². The van der Waals surface area contributed by atoms with Crippen molar-refractivity contribution in [1.82, 2.24) is 5.32 Å². The Morgan fingerprint density at radius 3 is 2.67 bits per heavy atom. The number of ether oxygens (including phenoxy) is 1. The van der Waals surface area contributed by atoms with Crippen molar-refractivity contribution < 1.29 is 17.9 Å². The average molecular weight is 380 g/mol. The lowest BCUT2D eigenvalue weighted by molar-refractivity contribution is -0.274. The van der Waals surface area contributed by atoms with Crippen LogP contribution in [0, 0.1) is 0 Å². The molecule has 0 spiro atoms. The molecule has 21 heavy (non-hydrogen) atoms. The van der Waals surface area contributed by atoms with Gasteiger partial charge in [0.15, 0.2) is 0 Å². The maximum atomic E-state index is 12.2. The van der Waals surface area contributed by atoms with Gasteiger partial charge < -0.3 is 10.1 Å². The summed E-state index contributed by atoms with van der Waals surface area (Å²) in [4.78, 5) is 0. The fourth-order valence-electron chi connectivity index (χ4n) is 1.77. The molecular weight excluding hydrogens is 367 g/mol. The van der Waals surface area contributed by atoms with E-state index in [-0.39, 0.29) is 16.3 Å². The number of nitrogens with one attached hydrogen (secondary N) is 1. The molecule has 0 aliphatic rings. The summed E-state index contributed by atoms with van der Waals surface area (Å²) in [6.07, 6.45) is -4.68. The van der Waals surface area contributed by atoms with Gasteiger partial charge in [-0.2, -0.15) is 11.3 Å². The SMILES string of the molecule is CC(NCc1ccc(OC(F)(F)F)c(Br)c1)c1ccsc1. The number of hydrogen-bond acceptors (Lipinski definition) is 3. The van der Waals surface area contributed by atoms with E-state index in [2.05, 4.69) is 31.4 Å². The Morgan fingerprint density at radius 1 is 1.33 bits per heavy atom. The van der Waals surface area contributed by atoms with Crippen LogP contribution in [0.15, 0.2) is 39.5 Å². The summed E-state index contributed by atoms with van der Waals surface area (Å²) in [5.74, 6) is -0.239. The van der Waals surface area contributed by atoms with E-state index in [1.165, 1.54) is 11.6 Å². The third-order valence-corrected chi connectivity index (χ3v) is 4.20. The summed E-state index contributed by atoms with van der Waals surface area (Å²) in [5.41, 5.74) is 2.06. The van der Waals surface area contributed by atoms with Crippen molar-refractivity contribution >= 4 is 27.3 Å². The summed E-state index contributed by atoms with van der Waals surface area (Å²) >= 11 is 4.72. The monoisotopic (exact) mass is 379 g/mol. The second-order valence-electron chi connectivity index (χ2n) is 4.47. The minimum absolute atomic E-state index is 0.182. The van der Waals surface area contributed by atoms with Gasteiger partial charge in [0.05, 0.1) is 4.47 Å². The van der Waals surface area contributed by atoms with Crippen LogP contribution in [-0.2, 0) is 6.54 Å². The maximum Gasteiger partial charge on any atom is 0.573 e. The molecule has 1 heterocycles. The Kier molecular flexibility index (Phi) is 5.29. The zero-order valence-corrected chi connectivity index (χ0v) is 13.5. The van der Waals surface area contributed by atoms with Crippen LogP contribution in [0.4, 0.5) is 13.2 Å². The fraction of sp³-hybridized carbons (Fsp3) is 0.286. The first-order chi connectivity index (χ1) is 9.85. The van der Waals surface area contributed by atoms with Gasteiger partial charge in [0.1, 0.15) is 5.75 Å². The summed E-state index contributed by atoms with van der Waals surface area (Å²) in [6.45, 7) is 2.60. The highest BCUT2D eigenvalue weighted by molar-refractivity contribution is 9.10. The third kappa shape index (κ3) is 5.01. The highest BCUT2D eigenvalue weighted by Gasteiger charge is 2.31.